The Balaban J connectivity index is 1.50. The highest BCUT2D eigenvalue weighted by Crippen LogP contribution is 2.34. The van der Waals surface area contributed by atoms with Gasteiger partial charge in [-0.15, -0.1) is 10.2 Å². The number of hydrogen-bond acceptors (Lipinski definition) is 8. The van der Waals surface area contributed by atoms with Crippen molar-refractivity contribution in [2.75, 3.05) is 27.1 Å². The standard InChI is InChI=1S/C26H23Cl2N5O4S/c1-35-21-13-23(37-3)22(36-2)12-17(21)14-29-30-24(34)15-38-26-32-31-25(16-4-6-18(27)7-5-16)33(26)20-10-8-19(28)9-11-20/h4-14H,15H2,1-3H3,(H,30,34)/b29-14-. The van der Waals surface area contributed by atoms with Gasteiger partial charge in [-0.2, -0.15) is 5.10 Å². The summed E-state index contributed by atoms with van der Waals surface area (Å²) in [7, 11) is 4.60. The van der Waals surface area contributed by atoms with E-state index in [1.807, 2.05) is 28.8 Å². The summed E-state index contributed by atoms with van der Waals surface area (Å²) >= 11 is 13.4. The number of ether oxygens (including phenoxy) is 3. The summed E-state index contributed by atoms with van der Waals surface area (Å²) in [6.07, 6.45) is 1.47. The zero-order valence-corrected chi connectivity index (χ0v) is 23.0. The zero-order valence-electron chi connectivity index (χ0n) is 20.6. The van der Waals surface area contributed by atoms with E-state index >= 15 is 0 Å². The van der Waals surface area contributed by atoms with E-state index < -0.39 is 0 Å². The Kier molecular flexibility index (Phi) is 9.11. The van der Waals surface area contributed by atoms with Gasteiger partial charge in [0.25, 0.3) is 5.91 Å². The van der Waals surface area contributed by atoms with E-state index in [9.17, 15) is 4.79 Å². The molecule has 0 aliphatic heterocycles. The van der Waals surface area contributed by atoms with E-state index in [4.69, 9.17) is 37.4 Å². The molecule has 0 aliphatic carbocycles. The molecule has 3 aromatic carbocycles. The van der Waals surface area contributed by atoms with Crippen LogP contribution in [0.4, 0.5) is 0 Å². The molecule has 0 fully saturated rings. The molecule has 0 aliphatic rings. The van der Waals surface area contributed by atoms with Gasteiger partial charge >= 0.3 is 0 Å². The number of nitrogens with zero attached hydrogens (tertiary/aromatic N) is 4. The van der Waals surface area contributed by atoms with Crippen molar-refractivity contribution in [1.29, 1.82) is 0 Å². The number of nitrogens with one attached hydrogen (secondary N) is 1. The maximum atomic E-state index is 12.6. The summed E-state index contributed by atoms with van der Waals surface area (Å²) in [5, 5.41) is 14.5. The maximum absolute atomic E-state index is 12.6. The largest absolute Gasteiger partial charge is 0.496 e. The lowest BCUT2D eigenvalue weighted by Crippen LogP contribution is -2.20. The van der Waals surface area contributed by atoms with Crippen LogP contribution in [-0.4, -0.2) is 54.0 Å². The van der Waals surface area contributed by atoms with Crippen molar-refractivity contribution < 1.29 is 19.0 Å². The lowest BCUT2D eigenvalue weighted by Gasteiger charge is -2.11. The third-order valence-electron chi connectivity index (χ3n) is 5.28. The summed E-state index contributed by atoms with van der Waals surface area (Å²) in [4.78, 5) is 12.6. The molecule has 4 rings (SSSR count). The topological polar surface area (TPSA) is 99.9 Å². The van der Waals surface area contributed by atoms with Gasteiger partial charge in [0.2, 0.25) is 0 Å². The molecule has 12 heteroatoms. The fraction of sp³-hybridized carbons (Fsp3) is 0.154. The van der Waals surface area contributed by atoms with Gasteiger partial charge in [-0.3, -0.25) is 9.36 Å². The first-order chi connectivity index (χ1) is 18.4. The number of hydrazone groups is 1. The molecule has 0 saturated carbocycles. The Bertz CT molecular complexity index is 1440. The van der Waals surface area contributed by atoms with Gasteiger partial charge in [0.1, 0.15) is 5.75 Å². The first-order valence-corrected chi connectivity index (χ1v) is 12.9. The van der Waals surface area contributed by atoms with Gasteiger partial charge in [0, 0.05) is 32.9 Å². The van der Waals surface area contributed by atoms with Crippen LogP contribution in [0.3, 0.4) is 0 Å². The molecule has 1 amide bonds. The maximum Gasteiger partial charge on any atom is 0.250 e. The SMILES string of the molecule is COc1cc(OC)c(OC)cc1/C=N\NC(=O)CSc1nnc(-c2ccc(Cl)cc2)n1-c1ccc(Cl)cc1. The molecular formula is C26H23Cl2N5O4S. The van der Waals surface area contributed by atoms with E-state index in [2.05, 4.69) is 20.7 Å². The van der Waals surface area contributed by atoms with Crippen molar-refractivity contribution in [3.8, 4) is 34.3 Å². The van der Waals surface area contributed by atoms with Crippen LogP contribution in [-0.2, 0) is 4.79 Å². The molecule has 38 heavy (non-hydrogen) atoms. The number of amides is 1. The first kappa shape index (κ1) is 27.3. The molecular weight excluding hydrogens is 549 g/mol. The molecule has 1 aromatic heterocycles. The Morgan fingerprint density at radius 1 is 0.921 bits per heavy atom. The molecule has 0 saturated heterocycles. The Labute approximate surface area is 233 Å². The monoisotopic (exact) mass is 571 g/mol. The zero-order chi connectivity index (χ0) is 27.1. The first-order valence-electron chi connectivity index (χ1n) is 11.2. The average Bonchev–Trinajstić information content (AvgIpc) is 3.36. The van der Waals surface area contributed by atoms with Gasteiger partial charge < -0.3 is 14.2 Å². The molecule has 0 radical (unpaired) electrons. The van der Waals surface area contributed by atoms with Crippen molar-refractivity contribution in [2.24, 2.45) is 5.10 Å². The van der Waals surface area contributed by atoms with Crippen LogP contribution in [0.5, 0.6) is 17.2 Å². The van der Waals surface area contributed by atoms with Crippen LogP contribution in [0.1, 0.15) is 5.56 Å². The second-order valence-corrected chi connectivity index (χ2v) is 9.47. The van der Waals surface area contributed by atoms with Crippen molar-refractivity contribution in [3.05, 3.63) is 76.3 Å². The number of hydrogen-bond donors (Lipinski definition) is 1. The minimum absolute atomic E-state index is 0.0484. The Morgan fingerprint density at radius 3 is 2.16 bits per heavy atom. The summed E-state index contributed by atoms with van der Waals surface area (Å²) in [6.45, 7) is 0. The minimum Gasteiger partial charge on any atom is -0.496 e. The number of benzene rings is 3. The number of carbonyl (C=O) groups is 1. The number of methoxy groups -OCH3 is 3. The molecule has 4 aromatic rings. The van der Waals surface area contributed by atoms with E-state index in [-0.39, 0.29) is 11.7 Å². The van der Waals surface area contributed by atoms with Gasteiger partial charge in [0.05, 0.1) is 33.3 Å². The van der Waals surface area contributed by atoms with Gasteiger partial charge in [-0.25, -0.2) is 5.43 Å². The van der Waals surface area contributed by atoms with Crippen molar-refractivity contribution >= 4 is 47.1 Å². The fourth-order valence-electron chi connectivity index (χ4n) is 3.46. The van der Waals surface area contributed by atoms with E-state index in [1.165, 1.54) is 39.3 Å². The molecule has 9 nitrogen and oxygen atoms in total. The number of aromatic nitrogens is 3. The number of rotatable bonds is 10. The number of thioether (sulfide) groups is 1. The van der Waals surface area contributed by atoms with E-state index in [1.54, 1.807) is 36.4 Å². The number of halogens is 2. The summed E-state index contributed by atoms with van der Waals surface area (Å²) in [5.74, 6) is 1.86. The highest BCUT2D eigenvalue weighted by molar-refractivity contribution is 7.99. The second-order valence-electron chi connectivity index (χ2n) is 7.66. The van der Waals surface area contributed by atoms with Gasteiger partial charge in [0.15, 0.2) is 22.5 Å². The van der Waals surface area contributed by atoms with Crippen LogP contribution in [0.2, 0.25) is 10.0 Å². The van der Waals surface area contributed by atoms with Crippen molar-refractivity contribution in [1.82, 2.24) is 20.2 Å². The molecule has 0 spiro atoms. The quantitative estimate of drug-likeness (QED) is 0.152. The molecule has 0 unspecified atom stereocenters. The third kappa shape index (κ3) is 6.39. The van der Waals surface area contributed by atoms with Crippen LogP contribution in [0.15, 0.2) is 70.9 Å². The third-order valence-corrected chi connectivity index (χ3v) is 6.71. The average molecular weight is 572 g/mol. The van der Waals surface area contributed by atoms with E-state index in [0.29, 0.717) is 43.8 Å². The molecule has 1 N–H and O–H groups in total. The second kappa shape index (κ2) is 12.7. The summed E-state index contributed by atoms with van der Waals surface area (Å²) in [5.41, 5.74) is 4.75. The van der Waals surface area contributed by atoms with Gasteiger partial charge in [-0.1, -0.05) is 35.0 Å². The predicted octanol–water partition coefficient (Wildman–Crippen LogP) is 5.51. The van der Waals surface area contributed by atoms with Crippen LogP contribution in [0.25, 0.3) is 17.1 Å². The fourth-order valence-corrected chi connectivity index (χ4v) is 4.46. The lowest BCUT2D eigenvalue weighted by atomic mass is 10.2. The van der Waals surface area contributed by atoms with Crippen molar-refractivity contribution in [2.45, 2.75) is 5.16 Å². The smallest absolute Gasteiger partial charge is 0.250 e. The highest BCUT2D eigenvalue weighted by Gasteiger charge is 2.17. The van der Waals surface area contributed by atoms with Crippen LogP contribution < -0.4 is 19.6 Å². The molecule has 196 valence electrons. The number of carbonyl (C=O) groups excluding carboxylic acids is 1. The van der Waals surface area contributed by atoms with Gasteiger partial charge in [-0.05, 0) is 54.6 Å². The van der Waals surface area contributed by atoms with Crippen molar-refractivity contribution in [3.63, 3.8) is 0 Å². The highest BCUT2D eigenvalue weighted by atomic mass is 35.5. The molecule has 0 atom stereocenters. The summed E-state index contributed by atoms with van der Waals surface area (Å²) in [6, 6.07) is 17.9. The normalized spacial score (nSPS) is 11.0. The van der Waals surface area contributed by atoms with Crippen LogP contribution in [0, 0.1) is 0 Å². The lowest BCUT2D eigenvalue weighted by molar-refractivity contribution is -0.118. The predicted molar refractivity (Wildman–Crippen MR) is 149 cm³/mol. The Hall–Kier alpha value is -3.73. The molecule has 0 bridgehead atoms. The Morgan fingerprint density at radius 2 is 1.53 bits per heavy atom. The minimum atomic E-state index is -0.329. The molecule has 1 heterocycles. The summed E-state index contributed by atoms with van der Waals surface area (Å²) < 4.78 is 17.8. The van der Waals surface area contributed by atoms with Crippen LogP contribution >= 0.6 is 35.0 Å². The van der Waals surface area contributed by atoms with E-state index in [0.717, 1.165) is 11.3 Å².